The summed E-state index contributed by atoms with van der Waals surface area (Å²) in [5, 5.41) is 3.28. The van der Waals surface area contributed by atoms with E-state index in [0.29, 0.717) is 11.6 Å². The summed E-state index contributed by atoms with van der Waals surface area (Å²) in [6.45, 7) is 5.15. The van der Waals surface area contributed by atoms with Crippen LogP contribution in [0.25, 0.3) is 11.0 Å². The van der Waals surface area contributed by atoms with Gasteiger partial charge in [0.15, 0.2) is 11.6 Å². The molecule has 0 amide bonds. The van der Waals surface area contributed by atoms with Crippen molar-refractivity contribution in [2.75, 3.05) is 23.9 Å². The van der Waals surface area contributed by atoms with E-state index >= 15 is 0 Å². The number of rotatable bonds is 4. The standard InChI is InChI=1S/C13H18N4S/c1-13(2,18-3)8-15-12-11(14)16-9-6-4-5-7-10(9)17-12/h4-7H,8H2,1-3H3,(H2,14,16)(H,15,17). The zero-order valence-corrected chi connectivity index (χ0v) is 11.7. The molecule has 0 aliphatic heterocycles. The Bertz CT molecular complexity index is 554. The smallest absolute Gasteiger partial charge is 0.169 e. The molecular weight excluding hydrogens is 244 g/mol. The van der Waals surface area contributed by atoms with Gasteiger partial charge in [-0.15, -0.1) is 0 Å². The van der Waals surface area contributed by atoms with Gasteiger partial charge in [0, 0.05) is 11.3 Å². The average Bonchev–Trinajstić information content (AvgIpc) is 2.36. The number of nitrogens with two attached hydrogens (primary N) is 1. The SMILES string of the molecule is CSC(C)(C)CNc1nc2ccccc2nc1N. The lowest BCUT2D eigenvalue weighted by atomic mass is 10.2. The second kappa shape index (κ2) is 5.02. The number of aromatic nitrogens is 2. The van der Waals surface area contributed by atoms with Gasteiger partial charge in [-0.3, -0.25) is 0 Å². The summed E-state index contributed by atoms with van der Waals surface area (Å²) in [6.07, 6.45) is 2.09. The Morgan fingerprint density at radius 1 is 1.22 bits per heavy atom. The molecule has 2 aromatic rings. The van der Waals surface area contributed by atoms with Gasteiger partial charge in [-0.05, 0) is 32.2 Å². The quantitative estimate of drug-likeness (QED) is 0.887. The molecule has 0 saturated heterocycles. The molecule has 0 atom stereocenters. The molecule has 2 rings (SSSR count). The third kappa shape index (κ3) is 2.85. The predicted molar refractivity (Wildman–Crippen MR) is 80.0 cm³/mol. The van der Waals surface area contributed by atoms with Crippen LogP contribution >= 0.6 is 11.8 Å². The number of nitrogen functional groups attached to an aromatic ring is 1. The van der Waals surface area contributed by atoms with E-state index in [1.807, 2.05) is 24.3 Å². The Morgan fingerprint density at radius 3 is 2.44 bits per heavy atom. The lowest BCUT2D eigenvalue weighted by Crippen LogP contribution is -2.26. The summed E-state index contributed by atoms with van der Waals surface area (Å²) < 4.78 is 0.139. The van der Waals surface area contributed by atoms with Crippen LogP contribution in [0.4, 0.5) is 11.6 Å². The lowest BCUT2D eigenvalue weighted by molar-refractivity contribution is 0.750. The summed E-state index contributed by atoms with van der Waals surface area (Å²) in [5.74, 6) is 1.11. The fraction of sp³-hybridized carbons (Fsp3) is 0.385. The van der Waals surface area contributed by atoms with Crippen LogP contribution in [0.15, 0.2) is 24.3 Å². The molecule has 0 bridgehead atoms. The first-order valence-electron chi connectivity index (χ1n) is 5.83. The number of hydrogen-bond acceptors (Lipinski definition) is 5. The van der Waals surface area contributed by atoms with Gasteiger partial charge in [0.25, 0.3) is 0 Å². The molecule has 0 spiro atoms. The summed E-state index contributed by atoms with van der Waals surface area (Å²) in [4.78, 5) is 8.85. The van der Waals surface area contributed by atoms with E-state index in [1.54, 1.807) is 11.8 Å². The molecule has 0 fully saturated rings. The Labute approximate surface area is 111 Å². The second-order valence-corrected chi connectivity index (χ2v) is 6.28. The molecule has 4 nitrogen and oxygen atoms in total. The van der Waals surface area contributed by atoms with Crippen molar-refractivity contribution in [3.8, 4) is 0 Å². The Kier molecular flexibility index (Phi) is 3.61. The third-order valence-corrected chi connectivity index (χ3v) is 4.08. The van der Waals surface area contributed by atoms with Gasteiger partial charge >= 0.3 is 0 Å². The molecule has 0 radical (unpaired) electrons. The highest BCUT2D eigenvalue weighted by atomic mass is 32.2. The molecule has 1 aromatic heterocycles. The van der Waals surface area contributed by atoms with Crippen LogP contribution in [0.5, 0.6) is 0 Å². The first-order chi connectivity index (χ1) is 8.52. The van der Waals surface area contributed by atoms with Crippen LogP contribution in [-0.2, 0) is 0 Å². The maximum Gasteiger partial charge on any atom is 0.169 e. The number of anilines is 2. The van der Waals surface area contributed by atoms with E-state index in [4.69, 9.17) is 5.73 Å². The van der Waals surface area contributed by atoms with Crippen LogP contribution in [0, 0.1) is 0 Å². The van der Waals surface area contributed by atoms with E-state index < -0.39 is 0 Å². The third-order valence-electron chi connectivity index (χ3n) is 2.83. The number of nitrogens with zero attached hydrogens (tertiary/aromatic N) is 2. The maximum absolute atomic E-state index is 5.91. The molecule has 5 heteroatoms. The fourth-order valence-corrected chi connectivity index (χ4v) is 1.73. The van der Waals surface area contributed by atoms with Crippen LogP contribution < -0.4 is 11.1 Å². The highest BCUT2D eigenvalue weighted by molar-refractivity contribution is 7.99. The number of fused-ring (bicyclic) bond motifs is 1. The van der Waals surface area contributed by atoms with Crippen molar-refractivity contribution in [2.24, 2.45) is 0 Å². The molecule has 18 heavy (non-hydrogen) atoms. The van der Waals surface area contributed by atoms with Gasteiger partial charge in [0.05, 0.1) is 11.0 Å². The van der Waals surface area contributed by atoms with Gasteiger partial charge < -0.3 is 11.1 Å². The zero-order chi connectivity index (χ0) is 13.2. The van der Waals surface area contributed by atoms with Crippen molar-refractivity contribution in [1.29, 1.82) is 0 Å². The van der Waals surface area contributed by atoms with E-state index in [9.17, 15) is 0 Å². The van der Waals surface area contributed by atoms with Crippen LogP contribution in [0.3, 0.4) is 0 Å². The first-order valence-corrected chi connectivity index (χ1v) is 7.05. The second-order valence-electron chi connectivity index (χ2n) is 4.76. The minimum absolute atomic E-state index is 0.139. The van der Waals surface area contributed by atoms with Crippen LogP contribution in [0.1, 0.15) is 13.8 Å². The minimum atomic E-state index is 0.139. The first kappa shape index (κ1) is 13.0. The van der Waals surface area contributed by atoms with E-state index in [0.717, 1.165) is 17.6 Å². The normalized spacial score (nSPS) is 11.7. The molecule has 96 valence electrons. The minimum Gasteiger partial charge on any atom is -0.381 e. The number of hydrogen-bond donors (Lipinski definition) is 2. The Hall–Kier alpha value is -1.49. The lowest BCUT2D eigenvalue weighted by Gasteiger charge is -2.22. The maximum atomic E-state index is 5.91. The molecule has 0 aliphatic carbocycles. The fourth-order valence-electron chi connectivity index (χ4n) is 1.51. The molecule has 1 aromatic carbocycles. The molecule has 0 unspecified atom stereocenters. The predicted octanol–water partition coefficient (Wildman–Crippen LogP) is 2.77. The van der Waals surface area contributed by atoms with Gasteiger partial charge in [-0.25, -0.2) is 9.97 Å². The monoisotopic (exact) mass is 262 g/mol. The van der Waals surface area contributed by atoms with Crippen molar-refractivity contribution in [1.82, 2.24) is 9.97 Å². The van der Waals surface area contributed by atoms with Crippen LogP contribution in [0.2, 0.25) is 0 Å². The summed E-state index contributed by atoms with van der Waals surface area (Å²) in [5.41, 5.74) is 7.60. The number of benzene rings is 1. The number of thioether (sulfide) groups is 1. The topological polar surface area (TPSA) is 63.8 Å². The highest BCUT2D eigenvalue weighted by Gasteiger charge is 2.16. The van der Waals surface area contributed by atoms with E-state index in [1.165, 1.54) is 0 Å². The number of para-hydroxylation sites is 2. The van der Waals surface area contributed by atoms with Gasteiger partial charge in [-0.2, -0.15) is 11.8 Å². The molecule has 3 N–H and O–H groups in total. The van der Waals surface area contributed by atoms with Gasteiger partial charge in [0.1, 0.15) is 0 Å². The van der Waals surface area contributed by atoms with Gasteiger partial charge in [0.2, 0.25) is 0 Å². The molecule has 1 heterocycles. The Balaban J connectivity index is 2.25. The number of nitrogens with one attached hydrogen (secondary N) is 1. The van der Waals surface area contributed by atoms with Gasteiger partial charge in [-0.1, -0.05) is 12.1 Å². The van der Waals surface area contributed by atoms with Crippen molar-refractivity contribution >= 4 is 34.4 Å². The van der Waals surface area contributed by atoms with Crippen molar-refractivity contribution in [2.45, 2.75) is 18.6 Å². The summed E-state index contributed by atoms with van der Waals surface area (Å²) in [7, 11) is 0. The molecule has 0 aliphatic rings. The van der Waals surface area contributed by atoms with E-state index in [2.05, 4.69) is 35.4 Å². The molecular formula is C13H18N4S. The largest absolute Gasteiger partial charge is 0.381 e. The molecule has 0 saturated carbocycles. The van der Waals surface area contributed by atoms with Crippen molar-refractivity contribution < 1.29 is 0 Å². The van der Waals surface area contributed by atoms with E-state index in [-0.39, 0.29) is 4.75 Å². The van der Waals surface area contributed by atoms with Crippen LogP contribution in [-0.4, -0.2) is 27.5 Å². The highest BCUT2D eigenvalue weighted by Crippen LogP contribution is 2.23. The van der Waals surface area contributed by atoms with Crippen molar-refractivity contribution in [3.05, 3.63) is 24.3 Å². The average molecular weight is 262 g/mol. The Morgan fingerprint density at radius 2 is 1.83 bits per heavy atom. The summed E-state index contributed by atoms with van der Waals surface area (Å²) in [6, 6.07) is 7.73. The zero-order valence-electron chi connectivity index (χ0n) is 10.9. The summed E-state index contributed by atoms with van der Waals surface area (Å²) >= 11 is 1.80. The van der Waals surface area contributed by atoms with Crippen molar-refractivity contribution in [3.63, 3.8) is 0 Å².